The molecule has 5 rings (SSSR count). The first-order chi connectivity index (χ1) is 16.8. The van der Waals surface area contributed by atoms with Crippen molar-refractivity contribution in [2.24, 2.45) is 11.8 Å². The van der Waals surface area contributed by atoms with Gasteiger partial charge in [-0.25, -0.2) is 0 Å². The van der Waals surface area contributed by atoms with E-state index in [-0.39, 0.29) is 17.7 Å². The van der Waals surface area contributed by atoms with Gasteiger partial charge >= 0.3 is 0 Å². The van der Waals surface area contributed by atoms with Crippen molar-refractivity contribution in [3.8, 4) is 5.75 Å². The summed E-state index contributed by atoms with van der Waals surface area (Å²) in [5.74, 6) is 1.45. The molecular weight excluding hydrogens is 436 g/mol. The second kappa shape index (κ2) is 9.59. The van der Waals surface area contributed by atoms with Crippen LogP contribution in [0.15, 0.2) is 54.6 Å². The molecule has 2 aromatic rings. The van der Waals surface area contributed by atoms with Crippen LogP contribution >= 0.6 is 0 Å². The number of likely N-dealkylation sites (tertiary alicyclic amines) is 1. The quantitative estimate of drug-likeness (QED) is 0.601. The van der Waals surface area contributed by atoms with Gasteiger partial charge in [-0.2, -0.15) is 0 Å². The Morgan fingerprint density at radius 3 is 2.54 bits per heavy atom. The van der Waals surface area contributed by atoms with Crippen LogP contribution in [0.5, 0.6) is 5.75 Å². The summed E-state index contributed by atoms with van der Waals surface area (Å²) in [6, 6.07) is 17.1. The number of nitrogens with zero attached hydrogens (tertiary/aromatic N) is 2. The van der Waals surface area contributed by atoms with E-state index in [1.165, 1.54) is 12.8 Å². The van der Waals surface area contributed by atoms with Crippen molar-refractivity contribution in [3.05, 3.63) is 65.7 Å². The number of carbonyl (C=O) groups is 1. The lowest BCUT2D eigenvalue weighted by Gasteiger charge is -2.59. The van der Waals surface area contributed by atoms with Crippen LogP contribution in [0.3, 0.4) is 0 Å². The minimum absolute atomic E-state index is 0.0442. The van der Waals surface area contributed by atoms with Gasteiger partial charge in [0.15, 0.2) is 0 Å². The molecule has 3 fully saturated rings. The van der Waals surface area contributed by atoms with Crippen molar-refractivity contribution in [1.29, 1.82) is 0 Å². The highest BCUT2D eigenvalue weighted by molar-refractivity contribution is 5.94. The summed E-state index contributed by atoms with van der Waals surface area (Å²) in [7, 11) is 0. The molecule has 1 aliphatic heterocycles. The molecule has 0 spiro atoms. The third-order valence-electron chi connectivity index (χ3n) is 8.60. The Balaban J connectivity index is 1.49. The predicted molar refractivity (Wildman–Crippen MR) is 138 cm³/mol. The van der Waals surface area contributed by atoms with E-state index in [1.54, 1.807) is 6.07 Å². The zero-order valence-corrected chi connectivity index (χ0v) is 21.2. The Morgan fingerprint density at radius 2 is 1.86 bits per heavy atom. The molecule has 0 aromatic heterocycles. The Morgan fingerprint density at radius 1 is 1.09 bits per heavy atom. The third kappa shape index (κ3) is 4.85. The van der Waals surface area contributed by atoms with E-state index in [4.69, 9.17) is 0 Å². The Bertz CT molecular complexity index is 1040. The second-order valence-corrected chi connectivity index (χ2v) is 11.7. The van der Waals surface area contributed by atoms with Gasteiger partial charge in [0.2, 0.25) is 0 Å². The third-order valence-corrected chi connectivity index (χ3v) is 8.60. The molecule has 2 aromatic carbocycles. The van der Waals surface area contributed by atoms with Crippen molar-refractivity contribution in [2.75, 3.05) is 26.2 Å². The molecule has 188 valence electrons. The zero-order chi connectivity index (χ0) is 24.6. The van der Waals surface area contributed by atoms with Crippen LogP contribution in [0, 0.1) is 11.8 Å². The number of benzene rings is 2. The van der Waals surface area contributed by atoms with Crippen molar-refractivity contribution in [2.45, 2.75) is 69.4 Å². The Hall–Kier alpha value is -2.37. The Kier molecular flexibility index (Phi) is 6.67. The van der Waals surface area contributed by atoms with Crippen molar-refractivity contribution >= 4 is 5.91 Å². The second-order valence-electron chi connectivity index (χ2n) is 11.7. The number of β-amino-alcohol motifs (C(OH)–C–C–N with tert-alkyl or cyclic N) is 1. The standard InChI is InChI=1S/C30H40N2O3/c1-22(2)19-32(28(34)24-7-4-3-5-8-24)26-13-14-30(35)21-31(20-23-11-12-23)16-15-29(30,18-26)25-9-6-10-27(33)17-25/h3-10,17,22-23,26,33,35H,11-16,18-21H2,1-2H3/t26-,29?,30?/m0/s1. The summed E-state index contributed by atoms with van der Waals surface area (Å²) in [5, 5.41) is 22.7. The first-order valence-corrected chi connectivity index (χ1v) is 13.4. The number of aromatic hydroxyl groups is 1. The molecule has 2 aliphatic carbocycles. The maximum absolute atomic E-state index is 13.7. The van der Waals surface area contributed by atoms with Crippen molar-refractivity contribution in [1.82, 2.24) is 9.80 Å². The lowest BCUT2D eigenvalue weighted by atomic mass is 9.55. The van der Waals surface area contributed by atoms with E-state index in [0.29, 0.717) is 25.4 Å². The van der Waals surface area contributed by atoms with Crippen molar-refractivity contribution in [3.63, 3.8) is 0 Å². The maximum Gasteiger partial charge on any atom is 0.254 e. The molecule has 0 radical (unpaired) electrons. The number of phenols is 1. The topological polar surface area (TPSA) is 64.0 Å². The van der Waals surface area contributed by atoms with Crippen LogP contribution in [-0.2, 0) is 5.41 Å². The van der Waals surface area contributed by atoms with E-state index in [1.807, 2.05) is 42.5 Å². The molecule has 3 atom stereocenters. The number of amides is 1. The summed E-state index contributed by atoms with van der Waals surface area (Å²) in [6.07, 6.45) is 5.62. The van der Waals surface area contributed by atoms with Gasteiger partial charge in [0.25, 0.3) is 5.91 Å². The van der Waals surface area contributed by atoms with Gasteiger partial charge in [-0.15, -0.1) is 0 Å². The minimum Gasteiger partial charge on any atom is -0.508 e. The average molecular weight is 477 g/mol. The van der Waals surface area contributed by atoms with Gasteiger partial charge in [-0.05, 0) is 86.7 Å². The van der Waals surface area contributed by atoms with E-state index < -0.39 is 11.0 Å². The average Bonchev–Trinajstić information content (AvgIpc) is 3.66. The normalized spacial score (nSPS) is 29.1. The summed E-state index contributed by atoms with van der Waals surface area (Å²) in [5.41, 5.74) is 0.372. The number of phenolic OH excluding ortho intramolecular Hbond substituents is 1. The van der Waals surface area contributed by atoms with Gasteiger partial charge in [-0.3, -0.25) is 4.79 Å². The number of piperidine rings is 1. The van der Waals surface area contributed by atoms with E-state index in [9.17, 15) is 15.0 Å². The number of rotatable bonds is 7. The monoisotopic (exact) mass is 476 g/mol. The number of fused-ring (bicyclic) bond motifs is 1. The smallest absolute Gasteiger partial charge is 0.254 e. The van der Waals surface area contributed by atoms with Crippen LogP contribution in [0.25, 0.3) is 0 Å². The molecule has 2 unspecified atom stereocenters. The zero-order valence-electron chi connectivity index (χ0n) is 21.2. The van der Waals surface area contributed by atoms with Crippen LogP contribution < -0.4 is 0 Å². The molecule has 3 aliphatic rings. The van der Waals surface area contributed by atoms with E-state index in [2.05, 4.69) is 29.7 Å². The summed E-state index contributed by atoms with van der Waals surface area (Å²) < 4.78 is 0. The molecule has 2 N–H and O–H groups in total. The largest absolute Gasteiger partial charge is 0.508 e. The van der Waals surface area contributed by atoms with Gasteiger partial charge in [0.05, 0.1) is 5.60 Å². The van der Waals surface area contributed by atoms with Gasteiger partial charge in [-0.1, -0.05) is 44.2 Å². The molecule has 1 saturated heterocycles. The first kappa shape index (κ1) is 24.3. The van der Waals surface area contributed by atoms with Crippen LogP contribution in [0.2, 0.25) is 0 Å². The summed E-state index contributed by atoms with van der Waals surface area (Å²) >= 11 is 0. The first-order valence-electron chi connectivity index (χ1n) is 13.4. The molecule has 5 heteroatoms. The fraction of sp³-hybridized carbons (Fsp3) is 0.567. The summed E-state index contributed by atoms with van der Waals surface area (Å²) in [6.45, 7) is 7.70. The van der Waals surface area contributed by atoms with E-state index in [0.717, 1.165) is 49.4 Å². The maximum atomic E-state index is 13.7. The molecular formula is C30H40N2O3. The molecule has 35 heavy (non-hydrogen) atoms. The van der Waals surface area contributed by atoms with Gasteiger partial charge < -0.3 is 20.0 Å². The molecule has 1 amide bonds. The molecule has 2 saturated carbocycles. The lowest BCUT2D eigenvalue weighted by molar-refractivity contribution is -0.133. The predicted octanol–water partition coefficient (Wildman–Crippen LogP) is 4.83. The van der Waals surface area contributed by atoms with Gasteiger partial charge in [0.1, 0.15) is 5.75 Å². The fourth-order valence-corrected chi connectivity index (χ4v) is 6.66. The van der Waals surface area contributed by atoms with Crippen LogP contribution in [0.1, 0.15) is 68.3 Å². The Labute approximate surface area is 209 Å². The number of carbonyl (C=O) groups excluding carboxylic acids is 1. The van der Waals surface area contributed by atoms with Crippen LogP contribution in [-0.4, -0.2) is 63.7 Å². The fourth-order valence-electron chi connectivity index (χ4n) is 6.66. The number of hydrogen-bond acceptors (Lipinski definition) is 4. The highest BCUT2D eigenvalue weighted by Gasteiger charge is 2.58. The molecule has 0 bridgehead atoms. The van der Waals surface area contributed by atoms with Crippen molar-refractivity contribution < 1.29 is 15.0 Å². The highest BCUT2D eigenvalue weighted by Crippen LogP contribution is 2.53. The number of aliphatic hydroxyl groups is 1. The minimum atomic E-state index is -0.871. The SMILES string of the molecule is CC(C)CN(C(=O)c1ccccc1)[C@H]1CCC2(O)CN(CC3CC3)CCC2(c2cccc(O)c2)C1. The molecule has 5 nitrogen and oxygen atoms in total. The van der Waals surface area contributed by atoms with E-state index >= 15 is 0 Å². The lowest BCUT2D eigenvalue weighted by Crippen LogP contribution is -2.67. The number of hydrogen-bond donors (Lipinski definition) is 2. The summed E-state index contributed by atoms with van der Waals surface area (Å²) in [4.78, 5) is 18.2. The molecule has 1 heterocycles. The van der Waals surface area contributed by atoms with Gasteiger partial charge in [0, 0.05) is 36.7 Å². The highest BCUT2D eigenvalue weighted by atomic mass is 16.3. The van der Waals surface area contributed by atoms with Crippen LogP contribution in [0.4, 0.5) is 0 Å².